The second-order valence-electron chi connectivity index (χ2n) is 7.68. The minimum Gasteiger partial charge on any atom is -0.494 e. The quantitative estimate of drug-likeness (QED) is 0.263. The first-order chi connectivity index (χ1) is 12.4. The van der Waals surface area contributed by atoms with Crippen molar-refractivity contribution in [2.45, 2.75) is 90.4 Å². The summed E-state index contributed by atoms with van der Waals surface area (Å²) >= 11 is 0. The van der Waals surface area contributed by atoms with E-state index in [1.54, 1.807) is 5.57 Å². The molecule has 1 heteroatoms. The van der Waals surface area contributed by atoms with Gasteiger partial charge in [0.1, 0.15) is 5.75 Å². The maximum Gasteiger partial charge on any atom is 0.119 e. The fourth-order valence-electron chi connectivity index (χ4n) is 3.81. The summed E-state index contributed by atoms with van der Waals surface area (Å²) in [4.78, 5) is 0. The molecule has 0 fully saturated rings. The molecule has 0 aliphatic heterocycles. The Morgan fingerprint density at radius 3 is 2.48 bits per heavy atom. The van der Waals surface area contributed by atoms with Crippen LogP contribution in [0.1, 0.15) is 90.4 Å². The van der Waals surface area contributed by atoms with Gasteiger partial charge in [0.05, 0.1) is 6.61 Å². The normalized spacial score (nSPS) is 17.3. The zero-order chi connectivity index (χ0) is 17.6. The largest absolute Gasteiger partial charge is 0.494 e. The van der Waals surface area contributed by atoms with Crippen molar-refractivity contribution in [3.05, 3.63) is 42.0 Å². The predicted octanol–water partition coefficient (Wildman–Crippen LogP) is 7.71. The van der Waals surface area contributed by atoms with Crippen LogP contribution in [-0.2, 0) is 0 Å². The van der Waals surface area contributed by atoms with E-state index >= 15 is 0 Å². The number of rotatable bonds is 13. The molecule has 140 valence electrons. The Hall–Kier alpha value is -1.24. The molecule has 0 saturated carbocycles. The summed E-state index contributed by atoms with van der Waals surface area (Å²) in [5, 5.41) is 0. The van der Waals surface area contributed by atoms with Crippen LogP contribution in [0.4, 0.5) is 0 Å². The van der Waals surface area contributed by atoms with E-state index in [9.17, 15) is 0 Å². The third kappa shape index (κ3) is 9.14. The summed E-state index contributed by atoms with van der Waals surface area (Å²) in [5.74, 6) is 1.97. The highest BCUT2D eigenvalue weighted by molar-refractivity contribution is 5.20. The number of ether oxygens (including phenoxy) is 1. The molecule has 1 unspecified atom stereocenters. The molecule has 0 aromatic heterocycles. The van der Waals surface area contributed by atoms with Crippen molar-refractivity contribution in [3.8, 4) is 5.75 Å². The summed E-state index contributed by atoms with van der Waals surface area (Å²) in [5.41, 5.74) is 1.71. The molecule has 0 amide bonds. The van der Waals surface area contributed by atoms with Crippen molar-refractivity contribution in [2.75, 3.05) is 6.61 Å². The van der Waals surface area contributed by atoms with Crippen LogP contribution in [0.25, 0.3) is 0 Å². The van der Waals surface area contributed by atoms with Crippen molar-refractivity contribution in [1.82, 2.24) is 0 Å². The number of benzene rings is 1. The van der Waals surface area contributed by atoms with E-state index in [1.165, 1.54) is 77.0 Å². The Morgan fingerprint density at radius 2 is 1.72 bits per heavy atom. The zero-order valence-electron chi connectivity index (χ0n) is 16.3. The molecule has 0 bridgehead atoms. The SMILES string of the molecule is CCCCCCCCC1CC=C(CCCCOc2ccccc2)CC1. The Kier molecular flexibility index (Phi) is 10.5. The topological polar surface area (TPSA) is 9.23 Å². The van der Waals surface area contributed by atoms with Gasteiger partial charge in [0.2, 0.25) is 0 Å². The third-order valence-corrected chi connectivity index (χ3v) is 5.48. The molecule has 1 aromatic rings. The number of hydrogen-bond donors (Lipinski definition) is 0. The van der Waals surface area contributed by atoms with E-state index in [0.29, 0.717) is 0 Å². The third-order valence-electron chi connectivity index (χ3n) is 5.48. The molecule has 0 saturated heterocycles. The summed E-state index contributed by atoms with van der Waals surface area (Å²) < 4.78 is 5.77. The van der Waals surface area contributed by atoms with Crippen LogP contribution >= 0.6 is 0 Å². The summed E-state index contributed by atoms with van der Waals surface area (Å²) in [6.07, 6.45) is 20.4. The first-order valence-electron chi connectivity index (χ1n) is 10.7. The van der Waals surface area contributed by atoms with E-state index in [-0.39, 0.29) is 0 Å². The van der Waals surface area contributed by atoms with Gasteiger partial charge in [-0.25, -0.2) is 0 Å². The Bertz CT molecular complexity index is 462. The van der Waals surface area contributed by atoms with Crippen molar-refractivity contribution in [3.63, 3.8) is 0 Å². The maximum absolute atomic E-state index is 5.77. The molecule has 1 aliphatic rings. The second kappa shape index (κ2) is 13.0. The summed E-state index contributed by atoms with van der Waals surface area (Å²) in [6, 6.07) is 10.2. The van der Waals surface area contributed by atoms with Crippen LogP contribution in [0, 0.1) is 5.92 Å². The van der Waals surface area contributed by atoms with Gasteiger partial charge in [0.25, 0.3) is 0 Å². The number of para-hydroxylation sites is 1. The number of hydrogen-bond acceptors (Lipinski definition) is 1. The first kappa shape index (κ1) is 20.1. The average molecular weight is 343 g/mol. The van der Waals surface area contributed by atoms with Gasteiger partial charge in [0, 0.05) is 0 Å². The zero-order valence-corrected chi connectivity index (χ0v) is 16.3. The molecule has 2 rings (SSSR count). The van der Waals surface area contributed by atoms with Gasteiger partial charge < -0.3 is 4.74 Å². The fourth-order valence-corrected chi connectivity index (χ4v) is 3.81. The lowest BCUT2D eigenvalue weighted by molar-refractivity contribution is 0.306. The maximum atomic E-state index is 5.77. The van der Waals surface area contributed by atoms with Gasteiger partial charge in [-0.05, 0) is 56.6 Å². The van der Waals surface area contributed by atoms with E-state index in [2.05, 4.69) is 13.0 Å². The summed E-state index contributed by atoms with van der Waals surface area (Å²) in [6.45, 7) is 3.14. The van der Waals surface area contributed by atoms with Gasteiger partial charge in [0.15, 0.2) is 0 Å². The second-order valence-corrected chi connectivity index (χ2v) is 7.68. The molecule has 1 aliphatic carbocycles. The van der Waals surface area contributed by atoms with Crippen molar-refractivity contribution >= 4 is 0 Å². The lowest BCUT2D eigenvalue weighted by Crippen LogP contribution is -2.06. The van der Waals surface area contributed by atoms with Crippen molar-refractivity contribution in [2.24, 2.45) is 5.92 Å². The summed E-state index contributed by atoms with van der Waals surface area (Å²) in [7, 11) is 0. The van der Waals surface area contributed by atoms with Gasteiger partial charge in [-0.1, -0.05) is 81.7 Å². The number of unbranched alkanes of at least 4 members (excludes halogenated alkanes) is 6. The molecular weight excluding hydrogens is 304 g/mol. The van der Waals surface area contributed by atoms with Crippen LogP contribution in [0.2, 0.25) is 0 Å². The van der Waals surface area contributed by atoms with Crippen LogP contribution in [0.3, 0.4) is 0 Å². The highest BCUT2D eigenvalue weighted by Crippen LogP contribution is 2.30. The molecule has 1 aromatic carbocycles. The van der Waals surface area contributed by atoms with Crippen molar-refractivity contribution in [1.29, 1.82) is 0 Å². The minimum atomic E-state index is 0.845. The van der Waals surface area contributed by atoms with E-state index < -0.39 is 0 Å². The van der Waals surface area contributed by atoms with Crippen molar-refractivity contribution < 1.29 is 4.74 Å². The van der Waals surface area contributed by atoms with Crippen LogP contribution in [0.15, 0.2) is 42.0 Å². The highest BCUT2D eigenvalue weighted by Gasteiger charge is 2.13. The predicted molar refractivity (Wildman–Crippen MR) is 109 cm³/mol. The minimum absolute atomic E-state index is 0.845. The molecule has 0 radical (unpaired) electrons. The van der Waals surface area contributed by atoms with Gasteiger partial charge in [-0.3, -0.25) is 0 Å². The highest BCUT2D eigenvalue weighted by atomic mass is 16.5. The molecule has 1 nitrogen and oxygen atoms in total. The molecule has 0 heterocycles. The molecular formula is C24H38O. The van der Waals surface area contributed by atoms with Gasteiger partial charge in [-0.2, -0.15) is 0 Å². The average Bonchev–Trinajstić information content (AvgIpc) is 2.66. The molecule has 0 N–H and O–H groups in total. The fraction of sp³-hybridized carbons (Fsp3) is 0.667. The first-order valence-corrected chi connectivity index (χ1v) is 10.7. The van der Waals surface area contributed by atoms with Crippen LogP contribution in [-0.4, -0.2) is 6.61 Å². The lowest BCUT2D eigenvalue weighted by Gasteiger charge is -2.22. The van der Waals surface area contributed by atoms with E-state index in [1.807, 2.05) is 30.3 Å². The monoisotopic (exact) mass is 342 g/mol. The lowest BCUT2D eigenvalue weighted by atomic mass is 9.84. The Balaban J connectivity index is 1.47. The smallest absolute Gasteiger partial charge is 0.119 e. The van der Waals surface area contributed by atoms with Crippen LogP contribution < -0.4 is 4.74 Å². The molecule has 1 atom stereocenters. The number of allylic oxidation sites excluding steroid dienone is 2. The van der Waals surface area contributed by atoms with E-state index in [4.69, 9.17) is 4.74 Å². The molecule has 0 spiro atoms. The van der Waals surface area contributed by atoms with Crippen LogP contribution in [0.5, 0.6) is 5.75 Å². The van der Waals surface area contributed by atoms with E-state index in [0.717, 1.165) is 24.7 Å². The Labute approximate surface area is 155 Å². The molecule has 25 heavy (non-hydrogen) atoms. The standard InChI is InChI=1S/C24H38O/c1-2-3-4-5-6-8-13-22-17-19-23(20-18-22)14-11-12-21-25-24-15-9-7-10-16-24/h7,9-10,15-16,19,22H,2-6,8,11-14,17-18,20-21H2,1H3. The van der Waals surface area contributed by atoms with Gasteiger partial charge in [-0.15, -0.1) is 0 Å². The van der Waals surface area contributed by atoms with Gasteiger partial charge >= 0.3 is 0 Å². The Morgan fingerprint density at radius 1 is 0.920 bits per heavy atom.